The van der Waals surface area contributed by atoms with Crippen LogP contribution in [0.5, 0.6) is 0 Å². The van der Waals surface area contributed by atoms with Crippen LogP contribution in [0.3, 0.4) is 0 Å². The number of rotatable bonds is 1. The third-order valence-corrected chi connectivity index (χ3v) is 3.95. The molecule has 0 aromatic heterocycles. The summed E-state index contributed by atoms with van der Waals surface area (Å²) in [5.41, 5.74) is -0.0204. The monoisotopic (exact) mass is 198 g/mol. The highest BCUT2D eigenvalue weighted by Gasteiger charge is 2.35. The Labute approximate surface area is 88.9 Å². The Morgan fingerprint density at radius 1 is 0.786 bits per heavy atom. The summed E-state index contributed by atoms with van der Waals surface area (Å²) in [5.74, 6) is 1.36. The smallest absolute Gasteiger partial charge is 0.0619 e. The molecule has 1 heteroatoms. The lowest BCUT2D eigenvalue weighted by Crippen LogP contribution is -2.36. The van der Waals surface area contributed by atoms with Gasteiger partial charge in [-0.3, -0.25) is 0 Å². The summed E-state index contributed by atoms with van der Waals surface area (Å²) in [4.78, 5) is 0. The van der Waals surface area contributed by atoms with Crippen LogP contribution in [0.2, 0.25) is 0 Å². The molecule has 0 heterocycles. The Balaban J connectivity index is 2.47. The zero-order chi connectivity index (χ0) is 11.0. The molecule has 0 amide bonds. The minimum Gasteiger partial charge on any atom is -0.390 e. The van der Waals surface area contributed by atoms with E-state index in [9.17, 15) is 5.11 Å². The van der Waals surface area contributed by atoms with Gasteiger partial charge in [-0.1, -0.05) is 20.8 Å². The van der Waals surface area contributed by atoms with E-state index < -0.39 is 5.60 Å². The van der Waals surface area contributed by atoms with Gasteiger partial charge in [-0.2, -0.15) is 0 Å². The van der Waals surface area contributed by atoms with E-state index in [0.717, 1.165) is 5.92 Å². The van der Waals surface area contributed by atoms with Crippen molar-refractivity contribution in [2.24, 2.45) is 17.3 Å². The molecule has 0 bridgehead atoms. The molecule has 84 valence electrons. The first-order chi connectivity index (χ1) is 6.21. The Hall–Kier alpha value is -0.0400. The van der Waals surface area contributed by atoms with Gasteiger partial charge in [0.1, 0.15) is 0 Å². The van der Waals surface area contributed by atoms with Gasteiger partial charge in [0.15, 0.2) is 0 Å². The maximum atomic E-state index is 9.93. The molecule has 1 aliphatic rings. The molecule has 0 aromatic carbocycles. The Morgan fingerprint density at radius 2 is 1.14 bits per heavy atom. The first kappa shape index (κ1) is 12.0. The molecule has 14 heavy (non-hydrogen) atoms. The van der Waals surface area contributed by atoms with Crippen LogP contribution in [0.15, 0.2) is 0 Å². The highest BCUT2D eigenvalue weighted by atomic mass is 16.3. The van der Waals surface area contributed by atoms with Crippen LogP contribution in [0.25, 0.3) is 0 Å². The maximum Gasteiger partial charge on any atom is 0.0619 e. The SMILES string of the molecule is CC(C)(C)C1CCC(C(C)(C)O)CC1. The molecule has 0 radical (unpaired) electrons. The standard InChI is InChI=1S/C13H26O/c1-12(2,3)10-6-8-11(9-7-10)13(4,5)14/h10-11,14H,6-9H2,1-5H3. The molecular weight excluding hydrogens is 172 g/mol. The summed E-state index contributed by atoms with van der Waals surface area (Å²) in [6.07, 6.45) is 4.98. The second-order valence-electron chi connectivity index (χ2n) is 6.57. The van der Waals surface area contributed by atoms with Gasteiger partial charge in [-0.25, -0.2) is 0 Å². The molecule has 0 spiro atoms. The van der Waals surface area contributed by atoms with E-state index in [4.69, 9.17) is 0 Å². The second-order valence-corrected chi connectivity index (χ2v) is 6.57. The van der Waals surface area contributed by atoms with Crippen molar-refractivity contribution in [1.29, 1.82) is 0 Å². The van der Waals surface area contributed by atoms with Crippen LogP contribution in [-0.4, -0.2) is 10.7 Å². The lowest BCUT2D eigenvalue weighted by molar-refractivity contribution is -0.0150. The highest BCUT2D eigenvalue weighted by Crippen LogP contribution is 2.42. The highest BCUT2D eigenvalue weighted by molar-refractivity contribution is 4.86. The molecule has 0 aromatic rings. The van der Waals surface area contributed by atoms with E-state index in [1.807, 2.05) is 13.8 Å². The average molecular weight is 198 g/mol. The third-order valence-electron chi connectivity index (χ3n) is 3.95. The van der Waals surface area contributed by atoms with E-state index in [1.165, 1.54) is 25.7 Å². The van der Waals surface area contributed by atoms with E-state index in [0.29, 0.717) is 11.3 Å². The molecular formula is C13H26O. The van der Waals surface area contributed by atoms with E-state index in [-0.39, 0.29) is 0 Å². The lowest BCUT2D eigenvalue weighted by Gasteiger charge is -2.40. The summed E-state index contributed by atoms with van der Waals surface area (Å²) in [7, 11) is 0. The van der Waals surface area contributed by atoms with Crippen molar-refractivity contribution in [3.05, 3.63) is 0 Å². The van der Waals surface area contributed by atoms with Gasteiger partial charge >= 0.3 is 0 Å². The molecule has 0 saturated heterocycles. The van der Waals surface area contributed by atoms with Gasteiger partial charge < -0.3 is 5.11 Å². The fourth-order valence-electron chi connectivity index (χ4n) is 2.67. The lowest BCUT2D eigenvalue weighted by atomic mass is 9.67. The maximum absolute atomic E-state index is 9.93. The van der Waals surface area contributed by atoms with Crippen LogP contribution in [0.4, 0.5) is 0 Å². The molecule has 0 unspecified atom stereocenters. The number of hydrogen-bond donors (Lipinski definition) is 1. The molecule has 1 nitrogen and oxygen atoms in total. The minimum atomic E-state index is -0.469. The fourth-order valence-corrected chi connectivity index (χ4v) is 2.67. The number of hydrogen-bond acceptors (Lipinski definition) is 1. The van der Waals surface area contributed by atoms with Crippen molar-refractivity contribution in [2.45, 2.75) is 65.9 Å². The summed E-state index contributed by atoms with van der Waals surface area (Å²) >= 11 is 0. The zero-order valence-corrected chi connectivity index (χ0v) is 10.4. The number of aliphatic hydroxyl groups is 1. The zero-order valence-electron chi connectivity index (χ0n) is 10.4. The Kier molecular flexibility index (Phi) is 3.30. The van der Waals surface area contributed by atoms with Gasteiger partial charge in [-0.15, -0.1) is 0 Å². The molecule has 1 N–H and O–H groups in total. The van der Waals surface area contributed by atoms with Gasteiger partial charge in [-0.05, 0) is 56.8 Å². The molecule has 0 aliphatic heterocycles. The molecule has 1 saturated carbocycles. The van der Waals surface area contributed by atoms with Gasteiger partial charge in [0.05, 0.1) is 5.60 Å². The van der Waals surface area contributed by atoms with Gasteiger partial charge in [0.2, 0.25) is 0 Å². The quantitative estimate of drug-likeness (QED) is 0.682. The topological polar surface area (TPSA) is 20.2 Å². The van der Waals surface area contributed by atoms with Crippen LogP contribution < -0.4 is 0 Å². The predicted molar refractivity (Wildman–Crippen MR) is 61.2 cm³/mol. The summed E-state index contributed by atoms with van der Waals surface area (Å²) in [5, 5.41) is 9.93. The Bertz CT molecular complexity index is 152. The Morgan fingerprint density at radius 3 is 1.43 bits per heavy atom. The van der Waals surface area contributed by atoms with Gasteiger partial charge in [0.25, 0.3) is 0 Å². The van der Waals surface area contributed by atoms with Crippen molar-refractivity contribution in [2.75, 3.05) is 0 Å². The predicted octanol–water partition coefficient (Wildman–Crippen LogP) is 3.61. The first-order valence-corrected chi connectivity index (χ1v) is 5.93. The first-order valence-electron chi connectivity index (χ1n) is 5.93. The summed E-state index contributed by atoms with van der Waals surface area (Å²) < 4.78 is 0. The fraction of sp³-hybridized carbons (Fsp3) is 1.00. The summed E-state index contributed by atoms with van der Waals surface area (Å²) in [6.45, 7) is 10.9. The minimum absolute atomic E-state index is 0.449. The largest absolute Gasteiger partial charge is 0.390 e. The molecule has 0 atom stereocenters. The van der Waals surface area contributed by atoms with Crippen molar-refractivity contribution in [3.8, 4) is 0 Å². The van der Waals surface area contributed by atoms with E-state index >= 15 is 0 Å². The van der Waals surface area contributed by atoms with Gasteiger partial charge in [0, 0.05) is 0 Å². The molecule has 1 fully saturated rings. The normalized spacial score (nSPS) is 30.4. The third kappa shape index (κ3) is 2.98. The van der Waals surface area contributed by atoms with E-state index in [2.05, 4.69) is 20.8 Å². The van der Waals surface area contributed by atoms with Crippen LogP contribution in [0.1, 0.15) is 60.3 Å². The van der Waals surface area contributed by atoms with Crippen molar-refractivity contribution < 1.29 is 5.11 Å². The van der Waals surface area contributed by atoms with Crippen LogP contribution in [-0.2, 0) is 0 Å². The average Bonchev–Trinajstić information content (AvgIpc) is 2.01. The molecule has 1 rings (SSSR count). The molecule has 1 aliphatic carbocycles. The van der Waals surface area contributed by atoms with Crippen LogP contribution in [0, 0.1) is 17.3 Å². The second kappa shape index (κ2) is 3.84. The van der Waals surface area contributed by atoms with Crippen LogP contribution >= 0.6 is 0 Å². The van der Waals surface area contributed by atoms with Crippen molar-refractivity contribution in [1.82, 2.24) is 0 Å². The van der Waals surface area contributed by atoms with Crippen molar-refractivity contribution >= 4 is 0 Å². The van der Waals surface area contributed by atoms with Crippen molar-refractivity contribution in [3.63, 3.8) is 0 Å². The summed E-state index contributed by atoms with van der Waals surface area (Å²) in [6, 6.07) is 0. The van der Waals surface area contributed by atoms with E-state index in [1.54, 1.807) is 0 Å².